The highest BCUT2D eigenvalue weighted by molar-refractivity contribution is 6.51. The van der Waals surface area contributed by atoms with Crippen molar-refractivity contribution in [2.24, 2.45) is 0 Å². The SMILES string of the molecule is CCOc1ccc(/C(O)=C2\C(=O)C(=O)N(c3cccc(C)c3)C2c2cccc(OC)c2)cc1. The number of aliphatic hydroxyl groups is 1. The number of anilines is 1. The molecule has 1 unspecified atom stereocenters. The number of ether oxygens (including phenoxy) is 2. The number of carbonyl (C=O) groups is 2. The molecule has 1 amide bonds. The van der Waals surface area contributed by atoms with Crippen LogP contribution in [0.3, 0.4) is 0 Å². The summed E-state index contributed by atoms with van der Waals surface area (Å²) in [5, 5.41) is 11.2. The van der Waals surface area contributed by atoms with Crippen LogP contribution >= 0.6 is 0 Å². The lowest BCUT2D eigenvalue weighted by atomic mass is 9.95. The predicted molar refractivity (Wildman–Crippen MR) is 127 cm³/mol. The maximum absolute atomic E-state index is 13.2. The molecule has 6 heteroatoms. The molecule has 0 radical (unpaired) electrons. The van der Waals surface area contributed by atoms with Crippen LogP contribution in [0.4, 0.5) is 5.69 Å². The lowest BCUT2D eigenvalue weighted by molar-refractivity contribution is -0.132. The van der Waals surface area contributed by atoms with Crippen molar-refractivity contribution in [2.75, 3.05) is 18.6 Å². The second-order valence-corrected chi connectivity index (χ2v) is 7.74. The number of hydrogen-bond donors (Lipinski definition) is 1. The predicted octanol–water partition coefficient (Wildman–Crippen LogP) is 5.03. The van der Waals surface area contributed by atoms with Crippen molar-refractivity contribution in [1.29, 1.82) is 0 Å². The van der Waals surface area contributed by atoms with Gasteiger partial charge in [-0.2, -0.15) is 0 Å². The van der Waals surface area contributed by atoms with Crippen LogP contribution in [0.15, 0.2) is 78.4 Å². The number of ketones is 1. The van der Waals surface area contributed by atoms with Crippen LogP contribution in [0.25, 0.3) is 5.76 Å². The van der Waals surface area contributed by atoms with Gasteiger partial charge >= 0.3 is 0 Å². The van der Waals surface area contributed by atoms with Gasteiger partial charge in [0.25, 0.3) is 11.7 Å². The Balaban J connectivity index is 1.91. The Morgan fingerprint density at radius 3 is 2.36 bits per heavy atom. The molecular weight excluding hydrogens is 418 g/mol. The fourth-order valence-corrected chi connectivity index (χ4v) is 4.03. The van der Waals surface area contributed by atoms with Crippen molar-refractivity contribution in [3.63, 3.8) is 0 Å². The fraction of sp³-hybridized carbons (Fsp3) is 0.185. The van der Waals surface area contributed by atoms with Gasteiger partial charge in [0.15, 0.2) is 0 Å². The molecule has 0 aromatic heterocycles. The summed E-state index contributed by atoms with van der Waals surface area (Å²) in [7, 11) is 1.55. The van der Waals surface area contributed by atoms with Gasteiger partial charge in [0, 0.05) is 11.3 Å². The van der Waals surface area contributed by atoms with Gasteiger partial charge in [0.1, 0.15) is 17.3 Å². The lowest BCUT2D eigenvalue weighted by Gasteiger charge is -2.26. The third-order valence-electron chi connectivity index (χ3n) is 5.57. The highest BCUT2D eigenvalue weighted by Gasteiger charge is 2.47. The van der Waals surface area contributed by atoms with Gasteiger partial charge in [0.2, 0.25) is 0 Å². The first kappa shape index (κ1) is 22.1. The zero-order valence-electron chi connectivity index (χ0n) is 18.7. The van der Waals surface area contributed by atoms with Gasteiger partial charge in [-0.1, -0.05) is 24.3 Å². The monoisotopic (exact) mass is 443 g/mol. The third-order valence-corrected chi connectivity index (χ3v) is 5.57. The number of nitrogens with zero attached hydrogens (tertiary/aromatic N) is 1. The summed E-state index contributed by atoms with van der Waals surface area (Å²) in [6.07, 6.45) is 0. The number of methoxy groups -OCH3 is 1. The molecule has 6 nitrogen and oxygen atoms in total. The van der Waals surface area contributed by atoms with E-state index in [0.717, 1.165) is 5.56 Å². The second kappa shape index (κ2) is 9.20. The minimum atomic E-state index is -0.812. The average Bonchev–Trinajstić information content (AvgIpc) is 3.10. The molecule has 168 valence electrons. The van der Waals surface area contributed by atoms with Gasteiger partial charge in [-0.3, -0.25) is 14.5 Å². The van der Waals surface area contributed by atoms with E-state index in [2.05, 4.69) is 0 Å². The van der Waals surface area contributed by atoms with E-state index in [9.17, 15) is 14.7 Å². The topological polar surface area (TPSA) is 76.1 Å². The maximum atomic E-state index is 13.2. The van der Waals surface area contributed by atoms with Crippen molar-refractivity contribution in [1.82, 2.24) is 0 Å². The largest absolute Gasteiger partial charge is 0.507 e. The van der Waals surface area contributed by atoms with Crippen LogP contribution in [0, 0.1) is 6.92 Å². The van der Waals surface area contributed by atoms with E-state index < -0.39 is 17.7 Å². The molecule has 0 aliphatic carbocycles. The molecule has 0 saturated carbocycles. The summed E-state index contributed by atoms with van der Waals surface area (Å²) in [6.45, 7) is 4.32. The van der Waals surface area contributed by atoms with E-state index in [0.29, 0.717) is 34.9 Å². The Morgan fingerprint density at radius 1 is 0.970 bits per heavy atom. The highest BCUT2D eigenvalue weighted by atomic mass is 16.5. The molecule has 1 atom stereocenters. The van der Waals surface area contributed by atoms with Gasteiger partial charge in [-0.05, 0) is 73.5 Å². The molecule has 0 spiro atoms. The number of rotatable bonds is 6. The molecule has 1 N–H and O–H groups in total. The Labute approximate surface area is 192 Å². The molecule has 1 fully saturated rings. The van der Waals surface area contributed by atoms with Crippen molar-refractivity contribution in [3.05, 3.63) is 95.1 Å². The summed E-state index contributed by atoms with van der Waals surface area (Å²) in [4.78, 5) is 27.9. The van der Waals surface area contributed by atoms with E-state index >= 15 is 0 Å². The van der Waals surface area contributed by atoms with Crippen LogP contribution in [0.2, 0.25) is 0 Å². The number of Topliss-reactive ketones (excluding diaryl/α,β-unsaturated/α-hetero) is 1. The van der Waals surface area contributed by atoms with E-state index in [4.69, 9.17) is 9.47 Å². The molecule has 1 saturated heterocycles. The first-order chi connectivity index (χ1) is 15.9. The summed E-state index contributed by atoms with van der Waals surface area (Å²) in [6, 6.07) is 20.5. The second-order valence-electron chi connectivity index (χ2n) is 7.74. The Hall–Kier alpha value is -4.06. The Morgan fingerprint density at radius 2 is 1.70 bits per heavy atom. The van der Waals surface area contributed by atoms with Gasteiger partial charge < -0.3 is 14.6 Å². The van der Waals surface area contributed by atoms with E-state index in [1.807, 2.05) is 38.1 Å². The average molecular weight is 443 g/mol. The summed E-state index contributed by atoms with van der Waals surface area (Å²) in [5.74, 6) is -0.432. The summed E-state index contributed by atoms with van der Waals surface area (Å²) < 4.78 is 10.8. The van der Waals surface area contributed by atoms with Gasteiger partial charge in [0.05, 0.1) is 25.3 Å². The zero-order chi connectivity index (χ0) is 23.5. The lowest BCUT2D eigenvalue weighted by Crippen LogP contribution is -2.29. The molecule has 1 aliphatic rings. The van der Waals surface area contributed by atoms with Crippen LogP contribution in [0.1, 0.15) is 29.7 Å². The standard InChI is InChI=1S/C27H25NO5/c1-4-33-21-13-11-18(12-14-21)25(29)23-24(19-8-6-10-22(16-19)32-3)28(27(31)26(23)30)20-9-5-7-17(2)15-20/h5-16,24,29H,4H2,1-3H3/b25-23+. The summed E-state index contributed by atoms with van der Waals surface area (Å²) >= 11 is 0. The van der Waals surface area contributed by atoms with Crippen LogP contribution in [-0.4, -0.2) is 30.5 Å². The number of benzene rings is 3. The van der Waals surface area contributed by atoms with Crippen molar-refractivity contribution in [2.45, 2.75) is 19.9 Å². The molecule has 33 heavy (non-hydrogen) atoms. The minimum Gasteiger partial charge on any atom is -0.507 e. The van der Waals surface area contributed by atoms with Gasteiger partial charge in [-0.25, -0.2) is 0 Å². The maximum Gasteiger partial charge on any atom is 0.300 e. The zero-order valence-corrected chi connectivity index (χ0v) is 18.7. The third kappa shape index (κ3) is 4.20. The molecule has 1 heterocycles. The molecule has 3 aromatic rings. The van der Waals surface area contributed by atoms with E-state index in [-0.39, 0.29) is 11.3 Å². The summed E-state index contributed by atoms with van der Waals surface area (Å²) in [5.41, 5.74) is 2.64. The Kier molecular flexibility index (Phi) is 6.18. The first-order valence-electron chi connectivity index (χ1n) is 10.7. The molecule has 3 aromatic carbocycles. The number of amides is 1. The Bertz CT molecular complexity index is 1230. The molecule has 0 bridgehead atoms. The molecular formula is C27H25NO5. The van der Waals surface area contributed by atoms with Crippen molar-refractivity contribution >= 4 is 23.1 Å². The molecule has 1 aliphatic heterocycles. The van der Waals surface area contributed by atoms with Crippen LogP contribution in [0.5, 0.6) is 11.5 Å². The van der Waals surface area contributed by atoms with E-state index in [1.54, 1.807) is 55.6 Å². The van der Waals surface area contributed by atoms with Crippen molar-refractivity contribution < 1.29 is 24.2 Å². The van der Waals surface area contributed by atoms with Crippen LogP contribution < -0.4 is 14.4 Å². The smallest absolute Gasteiger partial charge is 0.300 e. The number of carbonyl (C=O) groups excluding carboxylic acids is 2. The minimum absolute atomic E-state index is 0.0268. The fourth-order valence-electron chi connectivity index (χ4n) is 4.03. The highest BCUT2D eigenvalue weighted by Crippen LogP contribution is 2.43. The number of hydrogen-bond acceptors (Lipinski definition) is 5. The number of aliphatic hydroxyl groups excluding tert-OH is 1. The quantitative estimate of drug-likeness (QED) is 0.329. The van der Waals surface area contributed by atoms with E-state index in [1.165, 1.54) is 4.90 Å². The molecule has 4 rings (SSSR count). The van der Waals surface area contributed by atoms with Crippen LogP contribution in [-0.2, 0) is 9.59 Å². The van der Waals surface area contributed by atoms with Gasteiger partial charge in [-0.15, -0.1) is 0 Å². The number of aryl methyl sites for hydroxylation is 1. The van der Waals surface area contributed by atoms with Crippen molar-refractivity contribution in [3.8, 4) is 11.5 Å². The normalized spacial score (nSPS) is 17.3. The first-order valence-corrected chi connectivity index (χ1v) is 10.7.